The lowest BCUT2D eigenvalue weighted by Crippen LogP contribution is -2.39. The Morgan fingerprint density at radius 1 is 1.60 bits per heavy atom. The van der Waals surface area contributed by atoms with E-state index in [4.69, 9.17) is 9.47 Å². The topological polar surface area (TPSA) is 48.3 Å². The zero-order chi connectivity index (χ0) is 10.7. The van der Waals surface area contributed by atoms with Crippen LogP contribution in [0.3, 0.4) is 0 Å². The molecule has 1 N–H and O–H groups in total. The SMILES string of the molecule is CNC(c1ccn(C)n1)C1COCCO1. The standard InChI is InChI=1S/C10H17N3O2/c1-11-10(8-3-4-13(2)12-8)9-7-14-5-6-15-9/h3-4,9-11H,5-7H2,1-2H3. The number of hydrogen-bond acceptors (Lipinski definition) is 4. The van der Waals surface area contributed by atoms with Crippen molar-refractivity contribution in [3.8, 4) is 0 Å². The summed E-state index contributed by atoms with van der Waals surface area (Å²) >= 11 is 0. The molecule has 5 nitrogen and oxygen atoms in total. The molecule has 1 saturated heterocycles. The summed E-state index contributed by atoms with van der Waals surface area (Å²) in [5.74, 6) is 0. The van der Waals surface area contributed by atoms with Gasteiger partial charge in [-0.1, -0.05) is 0 Å². The van der Waals surface area contributed by atoms with Crippen molar-refractivity contribution in [3.05, 3.63) is 18.0 Å². The zero-order valence-corrected chi connectivity index (χ0v) is 9.14. The summed E-state index contributed by atoms with van der Waals surface area (Å²) in [6, 6.07) is 2.10. The molecule has 1 aliphatic rings. The zero-order valence-electron chi connectivity index (χ0n) is 9.14. The van der Waals surface area contributed by atoms with Gasteiger partial charge in [0.1, 0.15) is 6.10 Å². The molecule has 2 atom stereocenters. The van der Waals surface area contributed by atoms with Gasteiger partial charge in [0.05, 0.1) is 31.6 Å². The monoisotopic (exact) mass is 211 g/mol. The van der Waals surface area contributed by atoms with Crippen molar-refractivity contribution in [2.24, 2.45) is 7.05 Å². The smallest absolute Gasteiger partial charge is 0.102 e. The van der Waals surface area contributed by atoms with E-state index in [1.807, 2.05) is 26.4 Å². The highest BCUT2D eigenvalue weighted by molar-refractivity contribution is 5.07. The Balaban J connectivity index is 2.08. The summed E-state index contributed by atoms with van der Waals surface area (Å²) < 4.78 is 12.8. The van der Waals surface area contributed by atoms with E-state index in [2.05, 4.69) is 10.4 Å². The van der Waals surface area contributed by atoms with Crippen LogP contribution in [0, 0.1) is 0 Å². The first-order valence-corrected chi connectivity index (χ1v) is 5.17. The van der Waals surface area contributed by atoms with Crippen LogP contribution in [-0.2, 0) is 16.5 Å². The van der Waals surface area contributed by atoms with E-state index in [0.29, 0.717) is 19.8 Å². The molecule has 2 heterocycles. The Bertz CT molecular complexity index is 307. The van der Waals surface area contributed by atoms with E-state index in [0.717, 1.165) is 5.69 Å². The van der Waals surface area contributed by atoms with Crippen LogP contribution >= 0.6 is 0 Å². The van der Waals surface area contributed by atoms with E-state index < -0.39 is 0 Å². The van der Waals surface area contributed by atoms with Crippen molar-refractivity contribution in [2.75, 3.05) is 26.9 Å². The van der Waals surface area contributed by atoms with Gasteiger partial charge in [-0.3, -0.25) is 4.68 Å². The van der Waals surface area contributed by atoms with Crippen LogP contribution in [-0.4, -0.2) is 42.8 Å². The molecule has 0 saturated carbocycles. The van der Waals surface area contributed by atoms with Gasteiger partial charge in [-0.05, 0) is 13.1 Å². The molecule has 0 aromatic carbocycles. The number of ether oxygens (including phenoxy) is 2. The van der Waals surface area contributed by atoms with Gasteiger partial charge in [0.2, 0.25) is 0 Å². The average molecular weight is 211 g/mol. The van der Waals surface area contributed by atoms with E-state index in [1.165, 1.54) is 0 Å². The Hall–Kier alpha value is -0.910. The normalized spacial score (nSPS) is 24.0. The lowest BCUT2D eigenvalue weighted by molar-refractivity contribution is -0.102. The highest BCUT2D eigenvalue weighted by atomic mass is 16.6. The summed E-state index contributed by atoms with van der Waals surface area (Å²) in [6.07, 6.45) is 1.99. The molecule has 2 rings (SSSR count). The van der Waals surface area contributed by atoms with Crippen LogP contribution in [0.1, 0.15) is 11.7 Å². The largest absolute Gasteiger partial charge is 0.376 e. The number of rotatable bonds is 3. The van der Waals surface area contributed by atoms with Gasteiger partial charge in [-0.25, -0.2) is 0 Å². The fourth-order valence-electron chi connectivity index (χ4n) is 1.82. The van der Waals surface area contributed by atoms with E-state index >= 15 is 0 Å². The van der Waals surface area contributed by atoms with Gasteiger partial charge in [-0.15, -0.1) is 0 Å². The van der Waals surface area contributed by atoms with E-state index in [1.54, 1.807) is 4.68 Å². The Labute approximate surface area is 89.4 Å². The summed E-state index contributed by atoms with van der Waals surface area (Å²) in [6.45, 7) is 1.98. The fraction of sp³-hybridized carbons (Fsp3) is 0.700. The number of hydrogen-bond donors (Lipinski definition) is 1. The lowest BCUT2D eigenvalue weighted by atomic mass is 10.1. The lowest BCUT2D eigenvalue weighted by Gasteiger charge is -2.29. The van der Waals surface area contributed by atoms with Gasteiger partial charge in [0, 0.05) is 13.2 Å². The molecule has 0 aliphatic carbocycles. The first-order chi connectivity index (χ1) is 7.31. The molecular formula is C10H17N3O2. The maximum atomic E-state index is 5.66. The van der Waals surface area contributed by atoms with Crippen LogP contribution in [0.5, 0.6) is 0 Å². The first-order valence-electron chi connectivity index (χ1n) is 5.17. The number of aryl methyl sites for hydroxylation is 1. The number of nitrogens with zero attached hydrogens (tertiary/aromatic N) is 2. The third-order valence-electron chi connectivity index (χ3n) is 2.58. The van der Waals surface area contributed by atoms with Crippen LogP contribution in [0.15, 0.2) is 12.3 Å². The average Bonchev–Trinajstić information content (AvgIpc) is 2.68. The summed E-state index contributed by atoms with van der Waals surface area (Å²) in [5.41, 5.74) is 0.996. The molecule has 0 spiro atoms. The van der Waals surface area contributed by atoms with Crippen molar-refractivity contribution in [2.45, 2.75) is 12.1 Å². The van der Waals surface area contributed by atoms with E-state index in [-0.39, 0.29) is 12.1 Å². The van der Waals surface area contributed by atoms with Crippen LogP contribution in [0.25, 0.3) is 0 Å². The summed E-state index contributed by atoms with van der Waals surface area (Å²) in [4.78, 5) is 0. The van der Waals surface area contributed by atoms with Gasteiger partial charge in [0.15, 0.2) is 0 Å². The Morgan fingerprint density at radius 3 is 3.00 bits per heavy atom. The molecule has 1 aromatic heterocycles. The first kappa shape index (κ1) is 10.6. The quantitative estimate of drug-likeness (QED) is 0.770. The fourth-order valence-corrected chi connectivity index (χ4v) is 1.82. The summed E-state index contributed by atoms with van der Waals surface area (Å²) in [7, 11) is 3.83. The van der Waals surface area contributed by atoms with E-state index in [9.17, 15) is 0 Å². The van der Waals surface area contributed by atoms with Crippen LogP contribution < -0.4 is 5.32 Å². The Morgan fingerprint density at radius 2 is 2.47 bits per heavy atom. The molecule has 2 unspecified atom stereocenters. The van der Waals surface area contributed by atoms with Gasteiger partial charge in [0.25, 0.3) is 0 Å². The summed E-state index contributed by atoms with van der Waals surface area (Å²) in [5, 5.41) is 7.60. The van der Waals surface area contributed by atoms with Crippen molar-refractivity contribution < 1.29 is 9.47 Å². The van der Waals surface area contributed by atoms with Crippen LogP contribution in [0.4, 0.5) is 0 Å². The third-order valence-corrected chi connectivity index (χ3v) is 2.58. The highest BCUT2D eigenvalue weighted by Gasteiger charge is 2.26. The van der Waals surface area contributed by atoms with Crippen molar-refractivity contribution in [1.29, 1.82) is 0 Å². The third kappa shape index (κ3) is 2.37. The number of likely N-dealkylation sites (N-methyl/N-ethyl adjacent to an activating group) is 1. The van der Waals surface area contributed by atoms with Crippen LogP contribution in [0.2, 0.25) is 0 Å². The molecule has 84 valence electrons. The number of nitrogens with one attached hydrogen (secondary N) is 1. The molecule has 0 bridgehead atoms. The highest BCUT2D eigenvalue weighted by Crippen LogP contribution is 2.19. The molecule has 0 amide bonds. The molecule has 1 fully saturated rings. The van der Waals surface area contributed by atoms with Crippen molar-refractivity contribution >= 4 is 0 Å². The maximum absolute atomic E-state index is 5.66. The molecule has 15 heavy (non-hydrogen) atoms. The Kier molecular flexibility index (Phi) is 3.35. The second-order valence-corrected chi connectivity index (χ2v) is 3.66. The minimum atomic E-state index is 0.0543. The molecule has 5 heteroatoms. The second kappa shape index (κ2) is 4.74. The number of aromatic nitrogens is 2. The van der Waals surface area contributed by atoms with Gasteiger partial charge < -0.3 is 14.8 Å². The minimum Gasteiger partial charge on any atom is -0.376 e. The molecule has 1 aromatic rings. The van der Waals surface area contributed by atoms with Crippen molar-refractivity contribution in [1.82, 2.24) is 15.1 Å². The minimum absolute atomic E-state index is 0.0543. The predicted octanol–water partition coefficient (Wildman–Crippen LogP) is 0.0960. The molecule has 1 aliphatic heterocycles. The maximum Gasteiger partial charge on any atom is 0.102 e. The second-order valence-electron chi connectivity index (χ2n) is 3.66. The van der Waals surface area contributed by atoms with Crippen molar-refractivity contribution in [3.63, 3.8) is 0 Å². The predicted molar refractivity (Wildman–Crippen MR) is 55.6 cm³/mol. The van der Waals surface area contributed by atoms with Gasteiger partial charge in [-0.2, -0.15) is 5.10 Å². The van der Waals surface area contributed by atoms with Gasteiger partial charge >= 0.3 is 0 Å². The molecular weight excluding hydrogens is 194 g/mol. The molecule has 0 radical (unpaired) electrons.